The Hall–Kier alpha value is -3.09. The van der Waals surface area contributed by atoms with Gasteiger partial charge in [0.15, 0.2) is 0 Å². The second kappa shape index (κ2) is 10.5. The van der Waals surface area contributed by atoms with Crippen LogP contribution in [0.25, 0.3) is 0 Å². The van der Waals surface area contributed by atoms with E-state index in [1.165, 1.54) is 12.1 Å². The summed E-state index contributed by atoms with van der Waals surface area (Å²) in [6, 6.07) is 6.35. The summed E-state index contributed by atoms with van der Waals surface area (Å²) in [5.41, 5.74) is 1.70. The van der Waals surface area contributed by atoms with Crippen molar-refractivity contribution in [2.75, 3.05) is 46.0 Å². The molecule has 3 atom stereocenters. The van der Waals surface area contributed by atoms with Crippen molar-refractivity contribution in [1.29, 1.82) is 0 Å². The van der Waals surface area contributed by atoms with Gasteiger partial charge in [0.25, 0.3) is 11.8 Å². The topological polar surface area (TPSA) is 145 Å². The predicted octanol–water partition coefficient (Wildman–Crippen LogP) is 1.65. The molecular formula is C27H33N5O6S. The van der Waals surface area contributed by atoms with Gasteiger partial charge in [0.2, 0.25) is 15.9 Å². The minimum Gasteiger partial charge on any atom is -0.477 e. The van der Waals surface area contributed by atoms with Crippen molar-refractivity contribution in [3.63, 3.8) is 0 Å². The van der Waals surface area contributed by atoms with Crippen molar-refractivity contribution in [3.05, 3.63) is 47.4 Å². The summed E-state index contributed by atoms with van der Waals surface area (Å²) < 4.78 is 34.5. The number of nitrogens with zero attached hydrogens (tertiary/aromatic N) is 4. The van der Waals surface area contributed by atoms with E-state index in [1.807, 2.05) is 11.0 Å². The van der Waals surface area contributed by atoms with Crippen molar-refractivity contribution < 1.29 is 27.5 Å². The van der Waals surface area contributed by atoms with Crippen molar-refractivity contribution in [3.8, 4) is 5.88 Å². The van der Waals surface area contributed by atoms with E-state index in [0.29, 0.717) is 62.7 Å². The third-order valence-corrected chi connectivity index (χ3v) is 9.03. The molecule has 3 aliphatic heterocycles. The lowest BCUT2D eigenvalue weighted by Gasteiger charge is -2.23. The average molecular weight is 556 g/mol. The van der Waals surface area contributed by atoms with E-state index in [-0.39, 0.29) is 34.2 Å². The first-order valence-corrected chi connectivity index (χ1v) is 15.1. The van der Waals surface area contributed by atoms with E-state index in [1.54, 1.807) is 11.0 Å². The monoisotopic (exact) mass is 555 g/mol. The molecule has 1 saturated carbocycles. The number of hydrogen-bond donors (Lipinski definition) is 1. The van der Waals surface area contributed by atoms with Gasteiger partial charge in [0.1, 0.15) is 10.6 Å². The molecule has 2 aromatic heterocycles. The number of sulfonamides is 1. The van der Waals surface area contributed by atoms with Gasteiger partial charge in [-0.05, 0) is 43.9 Å². The molecule has 0 bridgehead atoms. The van der Waals surface area contributed by atoms with Crippen LogP contribution in [-0.4, -0.2) is 86.0 Å². The molecule has 11 nitrogen and oxygen atoms in total. The number of likely N-dealkylation sites (tertiary alicyclic amines) is 2. The maximum absolute atomic E-state index is 13.6. The summed E-state index contributed by atoms with van der Waals surface area (Å²) >= 11 is 0. The van der Waals surface area contributed by atoms with E-state index >= 15 is 0 Å². The van der Waals surface area contributed by atoms with E-state index in [0.717, 1.165) is 44.2 Å². The molecule has 2 unspecified atom stereocenters. The maximum Gasteiger partial charge on any atom is 0.272 e. The minimum atomic E-state index is -3.87. The summed E-state index contributed by atoms with van der Waals surface area (Å²) in [6.45, 7) is 4.22. The molecule has 0 aromatic carbocycles. The van der Waals surface area contributed by atoms with Crippen LogP contribution >= 0.6 is 0 Å². The summed E-state index contributed by atoms with van der Waals surface area (Å²) in [4.78, 5) is 38.7. The van der Waals surface area contributed by atoms with E-state index < -0.39 is 10.0 Å². The second-order valence-electron chi connectivity index (χ2n) is 11.2. The molecule has 4 aliphatic rings. The highest BCUT2D eigenvalue weighted by Gasteiger charge is 2.43. The Kier molecular flexibility index (Phi) is 7.02. The highest BCUT2D eigenvalue weighted by atomic mass is 32.2. The molecule has 208 valence electrons. The number of hydrogen-bond acceptors (Lipinski definition) is 8. The van der Waals surface area contributed by atoms with Crippen LogP contribution in [-0.2, 0) is 14.8 Å². The zero-order valence-corrected chi connectivity index (χ0v) is 22.5. The number of aromatic nitrogens is 2. The zero-order chi connectivity index (χ0) is 27.1. The maximum atomic E-state index is 13.6. The van der Waals surface area contributed by atoms with Gasteiger partial charge >= 0.3 is 0 Å². The fraction of sp³-hybridized carbons (Fsp3) is 0.556. The molecule has 12 heteroatoms. The Labute approximate surface area is 227 Å². The number of ether oxygens (including phenoxy) is 2. The Morgan fingerprint density at radius 2 is 1.74 bits per heavy atom. The molecule has 2 amide bonds. The molecule has 6 rings (SSSR count). The third-order valence-electron chi connectivity index (χ3n) is 8.13. The van der Waals surface area contributed by atoms with Gasteiger partial charge in [-0.1, -0.05) is 0 Å². The predicted molar refractivity (Wildman–Crippen MR) is 140 cm³/mol. The molecule has 4 fully saturated rings. The number of carbonyl (C=O) groups excluding carboxylic acids is 2. The molecule has 2 aromatic rings. The number of rotatable bonds is 7. The number of amides is 2. The number of nitrogens with two attached hydrogens (primary N) is 1. The Balaban J connectivity index is 1.09. The van der Waals surface area contributed by atoms with Crippen LogP contribution in [0.5, 0.6) is 5.88 Å². The van der Waals surface area contributed by atoms with Crippen LogP contribution in [0.2, 0.25) is 0 Å². The number of carbonyl (C=O) groups is 2. The number of pyridine rings is 2. The normalized spacial score (nSPS) is 25.0. The van der Waals surface area contributed by atoms with E-state index in [9.17, 15) is 18.0 Å². The van der Waals surface area contributed by atoms with Gasteiger partial charge in [-0.25, -0.2) is 23.5 Å². The lowest BCUT2D eigenvalue weighted by atomic mass is 10.0. The fourth-order valence-electron chi connectivity index (χ4n) is 5.80. The molecule has 1 aliphatic carbocycles. The van der Waals surface area contributed by atoms with E-state index in [4.69, 9.17) is 19.6 Å². The molecule has 0 radical (unpaired) electrons. The molecule has 3 saturated heterocycles. The first kappa shape index (κ1) is 26.1. The molecular weight excluding hydrogens is 522 g/mol. The van der Waals surface area contributed by atoms with Crippen LogP contribution in [0.3, 0.4) is 0 Å². The lowest BCUT2D eigenvalue weighted by molar-refractivity contribution is 0.0343. The SMILES string of the molecule is NS(=O)(=O)c1ccc(C(=O)N2CC3CN(C(=O)c4cc(OCC5CCCOC5)nc(C5CC5)c4)C[C@@H]3C2)nc1. The first-order chi connectivity index (χ1) is 18.7. The van der Waals surface area contributed by atoms with Gasteiger partial charge in [-0.3, -0.25) is 9.59 Å². The Bertz CT molecular complexity index is 1340. The average Bonchev–Trinajstić information content (AvgIpc) is 3.61. The molecule has 2 N–H and O–H groups in total. The summed E-state index contributed by atoms with van der Waals surface area (Å²) in [5, 5.41) is 5.12. The number of primary sulfonamides is 1. The Morgan fingerprint density at radius 3 is 2.33 bits per heavy atom. The Morgan fingerprint density at radius 1 is 1.03 bits per heavy atom. The van der Waals surface area contributed by atoms with Crippen molar-refractivity contribution >= 4 is 21.8 Å². The van der Waals surface area contributed by atoms with Gasteiger partial charge in [0, 0.05) is 80.0 Å². The highest BCUT2D eigenvalue weighted by molar-refractivity contribution is 7.89. The van der Waals surface area contributed by atoms with Gasteiger partial charge in [-0.15, -0.1) is 0 Å². The highest BCUT2D eigenvalue weighted by Crippen LogP contribution is 2.40. The van der Waals surface area contributed by atoms with Crippen LogP contribution in [0.4, 0.5) is 0 Å². The summed E-state index contributed by atoms with van der Waals surface area (Å²) in [7, 11) is -3.87. The van der Waals surface area contributed by atoms with Crippen LogP contribution in [0.1, 0.15) is 58.1 Å². The molecule has 0 spiro atoms. The summed E-state index contributed by atoms with van der Waals surface area (Å²) in [5.74, 6) is 1.31. The van der Waals surface area contributed by atoms with Crippen LogP contribution < -0.4 is 9.88 Å². The van der Waals surface area contributed by atoms with Gasteiger partial charge in [0.05, 0.1) is 13.2 Å². The second-order valence-corrected chi connectivity index (χ2v) is 12.7. The smallest absolute Gasteiger partial charge is 0.272 e. The largest absolute Gasteiger partial charge is 0.477 e. The quantitative estimate of drug-likeness (QED) is 0.543. The first-order valence-electron chi connectivity index (χ1n) is 13.5. The summed E-state index contributed by atoms with van der Waals surface area (Å²) in [6.07, 6.45) is 5.37. The minimum absolute atomic E-state index is 0.0299. The van der Waals surface area contributed by atoms with Crippen LogP contribution in [0.15, 0.2) is 35.4 Å². The van der Waals surface area contributed by atoms with Crippen molar-refractivity contribution in [2.24, 2.45) is 22.9 Å². The third kappa shape index (κ3) is 5.78. The number of fused-ring (bicyclic) bond motifs is 1. The van der Waals surface area contributed by atoms with Crippen molar-refractivity contribution in [1.82, 2.24) is 19.8 Å². The van der Waals surface area contributed by atoms with Crippen LogP contribution in [0, 0.1) is 17.8 Å². The van der Waals surface area contributed by atoms with Gasteiger partial charge in [-0.2, -0.15) is 0 Å². The van der Waals surface area contributed by atoms with Gasteiger partial charge < -0.3 is 19.3 Å². The molecule has 39 heavy (non-hydrogen) atoms. The van der Waals surface area contributed by atoms with Crippen molar-refractivity contribution in [2.45, 2.75) is 36.5 Å². The standard InChI is InChI=1S/C27H33N5O6S/c28-39(35,36)22-5-6-23(29-10-22)27(34)32-13-20-11-31(12-21(20)14-32)26(33)19-8-24(18-3-4-18)30-25(9-19)38-16-17-2-1-7-37-15-17/h5-6,8-10,17-18,20-21H,1-4,7,11-16H2,(H2,28,35,36)/t17?,20-,21?/m1/s1. The lowest BCUT2D eigenvalue weighted by Crippen LogP contribution is -2.36. The fourth-order valence-corrected chi connectivity index (χ4v) is 6.26. The van der Waals surface area contributed by atoms with E-state index in [2.05, 4.69) is 4.98 Å². The molecule has 5 heterocycles. The zero-order valence-electron chi connectivity index (χ0n) is 21.7.